The second-order valence-electron chi connectivity index (χ2n) is 4.83. The van der Waals surface area contributed by atoms with Crippen LogP contribution < -0.4 is 15.4 Å². The van der Waals surface area contributed by atoms with Crippen molar-refractivity contribution in [2.45, 2.75) is 25.4 Å². The predicted molar refractivity (Wildman–Crippen MR) is 79.4 cm³/mol. The van der Waals surface area contributed by atoms with Gasteiger partial charge in [-0.2, -0.15) is 0 Å². The molecule has 0 spiro atoms. The number of hydrogen-bond acceptors (Lipinski definition) is 4. The number of nitrogens with one attached hydrogen (secondary N) is 2. The fraction of sp³-hybridized carbons (Fsp3) is 0.500. The highest BCUT2D eigenvalue weighted by Crippen LogP contribution is 2.26. The molecule has 1 fully saturated rings. The summed E-state index contributed by atoms with van der Waals surface area (Å²) in [5.74, 6) is -0.596. The fourth-order valence-electron chi connectivity index (χ4n) is 2.10. The molecule has 5 nitrogen and oxygen atoms in total. The third-order valence-electron chi connectivity index (χ3n) is 3.09. The molecule has 0 aromatic heterocycles. The molecule has 2 rings (SSSR count). The Hall–Kier alpha value is -1.51. The molecule has 1 heterocycles. The highest BCUT2D eigenvalue weighted by molar-refractivity contribution is 5.85. The van der Waals surface area contributed by atoms with Crippen LogP contribution in [0.1, 0.15) is 12.0 Å². The Morgan fingerprint density at radius 1 is 1.39 bits per heavy atom. The summed E-state index contributed by atoms with van der Waals surface area (Å²) in [6.45, 7) is 1.84. The third kappa shape index (κ3) is 7.06. The Balaban J connectivity index is 0.00000264. The Bertz CT molecular complexity index is 508. The van der Waals surface area contributed by atoms with Crippen LogP contribution in [0.15, 0.2) is 24.3 Å². The van der Waals surface area contributed by atoms with Gasteiger partial charge in [0, 0.05) is 25.2 Å². The van der Waals surface area contributed by atoms with Crippen molar-refractivity contribution in [3.05, 3.63) is 29.8 Å². The van der Waals surface area contributed by atoms with Crippen LogP contribution >= 0.6 is 12.4 Å². The van der Waals surface area contributed by atoms with Gasteiger partial charge >= 0.3 is 6.36 Å². The van der Waals surface area contributed by atoms with Crippen LogP contribution in [0.3, 0.4) is 0 Å². The lowest BCUT2D eigenvalue weighted by molar-refractivity contribution is -0.274. The van der Waals surface area contributed by atoms with E-state index in [2.05, 4.69) is 15.4 Å². The van der Waals surface area contributed by atoms with Gasteiger partial charge in [-0.15, -0.1) is 25.6 Å². The zero-order chi connectivity index (χ0) is 16.0. The molecule has 1 unspecified atom stereocenters. The SMILES string of the molecule is Cl.O=C(CC1CNCCO1)NCc1ccccc1OC(F)(F)F. The van der Waals surface area contributed by atoms with Gasteiger partial charge in [-0.1, -0.05) is 18.2 Å². The van der Waals surface area contributed by atoms with Gasteiger partial charge in [0.1, 0.15) is 5.75 Å². The summed E-state index contributed by atoms with van der Waals surface area (Å²) in [6, 6.07) is 5.70. The van der Waals surface area contributed by atoms with Gasteiger partial charge in [0.2, 0.25) is 5.91 Å². The zero-order valence-electron chi connectivity index (χ0n) is 12.2. The molecule has 1 amide bonds. The largest absolute Gasteiger partial charge is 0.573 e. The smallest absolute Gasteiger partial charge is 0.405 e. The molecule has 0 aliphatic carbocycles. The van der Waals surface area contributed by atoms with Crippen molar-refractivity contribution in [1.29, 1.82) is 0 Å². The Morgan fingerprint density at radius 2 is 2.13 bits per heavy atom. The first kappa shape index (κ1) is 19.5. The van der Waals surface area contributed by atoms with Crippen LogP contribution in [0.5, 0.6) is 5.75 Å². The minimum atomic E-state index is -4.76. The van der Waals surface area contributed by atoms with Crippen molar-refractivity contribution in [2.24, 2.45) is 0 Å². The second-order valence-corrected chi connectivity index (χ2v) is 4.83. The number of rotatable bonds is 5. The van der Waals surface area contributed by atoms with E-state index < -0.39 is 6.36 Å². The van der Waals surface area contributed by atoms with E-state index in [4.69, 9.17) is 4.74 Å². The first-order valence-corrected chi connectivity index (χ1v) is 6.87. The standard InChI is InChI=1S/C14H17F3N2O3.ClH/c15-14(16,17)22-12-4-2-1-3-10(12)8-19-13(20)7-11-9-18-5-6-21-11;/h1-4,11,18H,5-9H2,(H,19,20);1H. The molecule has 1 aromatic carbocycles. The van der Waals surface area contributed by atoms with E-state index in [1.54, 1.807) is 6.07 Å². The van der Waals surface area contributed by atoms with Crippen LogP contribution in [0, 0.1) is 0 Å². The molecule has 0 bridgehead atoms. The van der Waals surface area contributed by atoms with Gasteiger partial charge in [0.05, 0.1) is 19.1 Å². The lowest BCUT2D eigenvalue weighted by atomic mass is 10.2. The maximum absolute atomic E-state index is 12.3. The number of para-hydroxylation sites is 1. The summed E-state index contributed by atoms with van der Waals surface area (Å²) in [6.07, 6.45) is -4.81. The van der Waals surface area contributed by atoms with E-state index in [1.165, 1.54) is 18.2 Å². The molecular formula is C14H18ClF3N2O3. The molecule has 1 atom stereocenters. The number of morpholine rings is 1. The maximum Gasteiger partial charge on any atom is 0.573 e. The van der Waals surface area contributed by atoms with E-state index in [-0.39, 0.29) is 48.7 Å². The highest BCUT2D eigenvalue weighted by Gasteiger charge is 2.32. The summed E-state index contributed by atoms with van der Waals surface area (Å²) in [4.78, 5) is 11.8. The number of benzene rings is 1. The van der Waals surface area contributed by atoms with Crippen molar-refractivity contribution in [3.63, 3.8) is 0 Å². The molecule has 130 valence electrons. The lowest BCUT2D eigenvalue weighted by Crippen LogP contribution is -2.41. The van der Waals surface area contributed by atoms with Crippen LogP contribution in [0.4, 0.5) is 13.2 Å². The Kier molecular flexibility index (Phi) is 7.60. The quantitative estimate of drug-likeness (QED) is 0.849. The molecule has 1 aliphatic heterocycles. The number of alkyl halides is 3. The number of carbonyl (C=O) groups excluding carboxylic acids is 1. The average Bonchev–Trinajstić information content (AvgIpc) is 2.46. The van der Waals surface area contributed by atoms with Crippen molar-refractivity contribution < 1.29 is 27.4 Å². The van der Waals surface area contributed by atoms with Crippen molar-refractivity contribution >= 4 is 18.3 Å². The fourth-order valence-corrected chi connectivity index (χ4v) is 2.10. The van der Waals surface area contributed by atoms with Gasteiger partial charge in [-0.05, 0) is 6.07 Å². The topological polar surface area (TPSA) is 59.6 Å². The number of halogens is 4. The van der Waals surface area contributed by atoms with Gasteiger partial charge in [-0.25, -0.2) is 0 Å². The Morgan fingerprint density at radius 3 is 2.78 bits per heavy atom. The normalized spacial score (nSPS) is 18.0. The molecular weight excluding hydrogens is 337 g/mol. The van der Waals surface area contributed by atoms with E-state index in [0.717, 1.165) is 6.54 Å². The summed E-state index contributed by atoms with van der Waals surface area (Å²) in [5.41, 5.74) is 0.260. The van der Waals surface area contributed by atoms with E-state index in [9.17, 15) is 18.0 Å². The summed E-state index contributed by atoms with van der Waals surface area (Å²) in [5, 5.41) is 5.68. The van der Waals surface area contributed by atoms with Crippen molar-refractivity contribution in [3.8, 4) is 5.75 Å². The monoisotopic (exact) mass is 354 g/mol. The summed E-state index contributed by atoms with van der Waals surface area (Å²) < 4.78 is 46.2. The number of hydrogen-bond donors (Lipinski definition) is 2. The maximum atomic E-state index is 12.3. The van der Waals surface area contributed by atoms with Crippen molar-refractivity contribution in [2.75, 3.05) is 19.7 Å². The number of ether oxygens (including phenoxy) is 2. The first-order chi connectivity index (χ1) is 10.4. The van der Waals surface area contributed by atoms with Gasteiger partial charge in [0.25, 0.3) is 0 Å². The number of amides is 1. The summed E-state index contributed by atoms with van der Waals surface area (Å²) in [7, 11) is 0. The molecule has 0 saturated carbocycles. The van der Waals surface area contributed by atoms with E-state index in [1.807, 2.05) is 0 Å². The minimum Gasteiger partial charge on any atom is -0.405 e. The molecule has 1 saturated heterocycles. The van der Waals surface area contributed by atoms with Crippen LogP contribution in [-0.2, 0) is 16.1 Å². The summed E-state index contributed by atoms with van der Waals surface area (Å²) >= 11 is 0. The van der Waals surface area contributed by atoms with Crippen LogP contribution in [0.2, 0.25) is 0 Å². The minimum absolute atomic E-state index is 0. The third-order valence-corrected chi connectivity index (χ3v) is 3.09. The molecule has 0 radical (unpaired) electrons. The predicted octanol–water partition coefficient (Wildman–Crippen LogP) is 2.00. The molecule has 9 heteroatoms. The lowest BCUT2D eigenvalue weighted by Gasteiger charge is -2.23. The van der Waals surface area contributed by atoms with E-state index >= 15 is 0 Å². The molecule has 1 aromatic rings. The molecule has 2 N–H and O–H groups in total. The first-order valence-electron chi connectivity index (χ1n) is 6.87. The second kappa shape index (κ2) is 8.95. The van der Waals surface area contributed by atoms with Gasteiger partial charge in [-0.3, -0.25) is 4.79 Å². The Labute approximate surface area is 137 Å². The zero-order valence-corrected chi connectivity index (χ0v) is 13.0. The van der Waals surface area contributed by atoms with E-state index in [0.29, 0.717) is 13.2 Å². The molecule has 23 heavy (non-hydrogen) atoms. The number of carbonyl (C=O) groups is 1. The molecule has 1 aliphatic rings. The average molecular weight is 355 g/mol. The highest BCUT2D eigenvalue weighted by atomic mass is 35.5. The van der Waals surface area contributed by atoms with Gasteiger partial charge in [0.15, 0.2) is 0 Å². The van der Waals surface area contributed by atoms with Crippen molar-refractivity contribution in [1.82, 2.24) is 10.6 Å². The van der Waals surface area contributed by atoms with Crippen LogP contribution in [-0.4, -0.2) is 38.1 Å². The van der Waals surface area contributed by atoms with Crippen LogP contribution in [0.25, 0.3) is 0 Å². The van der Waals surface area contributed by atoms with Gasteiger partial charge < -0.3 is 20.1 Å².